The Kier molecular flexibility index (Phi) is 3.50. The summed E-state index contributed by atoms with van der Waals surface area (Å²) < 4.78 is 13.5. The third-order valence-corrected chi connectivity index (χ3v) is 2.94. The molecule has 5 nitrogen and oxygen atoms in total. The van der Waals surface area contributed by atoms with E-state index in [-0.39, 0.29) is 23.4 Å². The van der Waals surface area contributed by atoms with Gasteiger partial charge in [0.05, 0.1) is 12.4 Å². The highest BCUT2D eigenvalue weighted by molar-refractivity contribution is 5.59. The highest BCUT2D eigenvalue weighted by atomic mass is 19.1. The lowest BCUT2D eigenvalue weighted by molar-refractivity contribution is 0.614. The van der Waals surface area contributed by atoms with Crippen LogP contribution in [0.25, 0.3) is 0 Å². The number of nitrogen functional groups attached to an aromatic ring is 1. The Morgan fingerprint density at radius 2 is 2.21 bits per heavy atom. The molecule has 0 saturated carbocycles. The molecule has 100 valence electrons. The number of hydrogen-bond acceptors (Lipinski definition) is 4. The van der Waals surface area contributed by atoms with E-state index in [4.69, 9.17) is 5.73 Å². The summed E-state index contributed by atoms with van der Waals surface area (Å²) in [6.45, 7) is 3.54. The van der Waals surface area contributed by atoms with Gasteiger partial charge < -0.3 is 16.0 Å². The van der Waals surface area contributed by atoms with E-state index in [2.05, 4.69) is 15.3 Å². The minimum atomic E-state index is -0.403. The molecule has 0 aliphatic carbocycles. The summed E-state index contributed by atoms with van der Waals surface area (Å²) in [6.07, 6.45) is 1.27. The molecule has 2 rings (SSSR count). The summed E-state index contributed by atoms with van der Waals surface area (Å²) in [5.41, 5.74) is 6.57. The Morgan fingerprint density at radius 3 is 2.89 bits per heavy atom. The fraction of sp³-hybridized carbons (Fsp3) is 0.231. The SMILES string of the molecule is Cc1ccc(C(C)Nc2nc[nH]c(=O)c2N)cc1F. The summed E-state index contributed by atoms with van der Waals surface area (Å²) in [7, 11) is 0. The highest BCUT2D eigenvalue weighted by Gasteiger charge is 2.11. The van der Waals surface area contributed by atoms with Gasteiger partial charge in [0.1, 0.15) is 11.5 Å². The zero-order chi connectivity index (χ0) is 14.0. The summed E-state index contributed by atoms with van der Waals surface area (Å²) >= 11 is 0. The fourth-order valence-corrected chi connectivity index (χ4v) is 1.69. The molecule has 0 fully saturated rings. The molecule has 4 N–H and O–H groups in total. The molecule has 0 aliphatic rings. The van der Waals surface area contributed by atoms with Crippen molar-refractivity contribution in [2.24, 2.45) is 0 Å². The lowest BCUT2D eigenvalue weighted by Gasteiger charge is -2.16. The van der Waals surface area contributed by atoms with Crippen LogP contribution in [0.15, 0.2) is 29.3 Å². The van der Waals surface area contributed by atoms with Crippen LogP contribution in [0.1, 0.15) is 24.1 Å². The number of aromatic amines is 1. The topological polar surface area (TPSA) is 83.8 Å². The number of aromatic nitrogens is 2. The van der Waals surface area contributed by atoms with Crippen LogP contribution in [-0.4, -0.2) is 9.97 Å². The van der Waals surface area contributed by atoms with E-state index in [0.29, 0.717) is 5.56 Å². The van der Waals surface area contributed by atoms with Crippen LogP contribution in [0, 0.1) is 12.7 Å². The third-order valence-electron chi connectivity index (χ3n) is 2.94. The first kappa shape index (κ1) is 13.1. The maximum atomic E-state index is 13.5. The lowest BCUT2D eigenvalue weighted by Crippen LogP contribution is -2.17. The van der Waals surface area contributed by atoms with Gasteiger partial charge in [0.25, 0.3) is 5.56 Å². The molecule has 1 aromatic heterocycles. The summed E-state index contributed by atoms with van der Waals surface area (Å²) in [4.78, 5) is 17.7. The van der Waals surface area contributed by atoms with E-state index in [1.54, 1.807) is 13.0 Å². The monoisotopic (exact) mass is 262 g/mol. The number of H-pyrrole nitrogens is 1. The van der Waals surface area contributed by atoms with Gasteiger partial charge in [-0.1, -0.05) is 12.1 Å². The van der Waals surface area contributed by atoms with Crippen molar-refractivity contribution in [3.05, 3.63) is 51.8 Å². The Hall–Kier alpha value is -2.37. The number of aryl methyl sites for hydroxylation is 1. The molecule has 1 unspecified atom stereocenters. The number of halogens is 1. The predicted molar refractivity (Wildman–Crippen MR) is 72.4 cm³/mol. The molecular formula is C13H15FN4O. The number of nitrogens with zero attached hydrogens (tertiary/aromatic N) is 1. The molecule has 0 spiro atoms. The molecule has 1 atom stereocenters. The van der Waals surface area contributed by atoms with Crippen molar-refractivity contribution in [1.82, 2.24) is 9.97 Å². The van der Waals surface area contributed by atoms with Crippen molar-refractivity contribution >= 4 is 11.5 Å². The van der Waals surface area contributed by atoms with Crippen molar-refractivity contribution < 1.29 is 4.39 Å². The Bertz CT molecular complexity index is 653. The van der Waals surface area contributed by atoms with Gasteiger partial charge in [-0.3, -0.25) is 4.79 Å². The van der Waals surface area contributed by atoms with Gasteiger partial charge in [0.2, 0.25) is 0 Å². The molecule has 2 aromatic rings. The van der Waals surface area contributed by atoms with Crippen LogP contribution >= 0.6 is 0 Å². The predicted octanol–water partition coefficient (Wildman–Crippen LogP) is 1.97. The average molecular weight is 262 g/mol. The smallest absolute Gasteiger partial charge is 0.276 e. The van der Waals surface area contributed by atoms with E-state index >= 15 is 0 Å². The summed E-state index contributed by atoms with van der Waals surface area (Å²) in [5, 5.41) is 2.99. The fourth-order valence-electron chi connectivity index (χ4n) is 1.69. The van der Waals surface area contributed by atoms with Gasteiger partial charge in [0, 0.05) is 0 Å². The largest absolute Gasteiger partial charge is 0.391 e. The second kappa shape index (κ2) is 5.09. The van der Waals surface area contributed by atoms with Crippen molar-refractivity contribution in [2.75, 3.05) is 11.1 Å². The quantitative estimate of drug-likeness (QED) is 0.789. The molecule has 6 heteroatoms. The Morgan fingerprint density at radius 1 is 1.47 bits per heavy atom. The normalized spacial score (nSPS) is 12.2. The molecule has 0 saturated heterocycles. The van der Waals surface area contributed by atoms with E-state index < -0.39 is 5.56 Å². The van der Waals surface area contributed by atoms with Crippen molar-refractivity contribution in [3.8, 4) is 0 Å². The zero-order valence-corrected chi connectivity index (χ0v) is 10.7. The maximum Gasteiger partial charge on any atom is 0.276 e. The zero-order valence-electron chi connectivity index (χ0n) is 10.7. The maximum absolute atomic E-state index is 13.5. The number of benzene rings is 1. The molecular weight excluding hydrogens is 247 g/mol. The van der Waals surface area contributed by atoms with E-state index in [0.717, 1.165) is 5.56 Å². The molecule has 0 radical (unpaired) electrons. The Balaban J connectivity index is 2.25. The van der Waals surface area contributed by atoms with Crippen LogP contribution in [0.3, 0.4) is 0 Å². The lowest BCUT2D eigenvalue weighted by atomic mass is 10.1. The highest BCUT2D eigenvalue weighted by Crippen LogP contribution is 2.21. The minimum Gasteiger partial charge on any atom is -0.391 e. The Labute approximate surface area is 109 Å². The molecule has 0 bridgehead atoms. The first-order chi connectivity index (χ1) is 8.99. The average Bonchev–Trinajstić information content (AvgIpc) is 2.38. The van der Waals surface area contributed by atoms with Crippen LogP contribution in [-0.2, 0) is 0 Å². The molecule has 0 aliphatic heterocycles. The van der Waals surface area contributed by atoms with Gasteiger partial charge in [-0.05, 0) is 31.0 Å². The second-order valence-corrected chi connectivity index (χ2v) is 4.37. The van der Waals surface area contributed by atoms with Gasteiger partial charge in [-0.15, -0.1) is 0 Å². The van der Waals surface area contributed by atoms with Gasteiger partial charge in [0.15, 0.2) is 5.82 Å². The number of rotatable bonds is 3. The number of nitrogens with one attached hydrogen (secondary N) is 2. The van der Waals surface area contributed by atoms with Gasteiger partial charge in [-0.25, -0.2) is 9.37 Å². The van der Waals surface area contributed by atoms with Crippen molar-refractivity contribution in [1.29, 1.82) is 0 Å². The molecule has 1 heterocycles. The molecule has 1 aromatic carbocycles. The summed E-state index contributed by atoms with van der Waals surface area (Å²) in [6, 6.07) is 4.76. The molecule has 19 heavy (non-hydrogen) atoms. The number of hydrogen-bond donors (Lipinski definition) is 3. The minimum absolute atomic E-state index is 0.0157. The first-order valence-electron chi connectivity index (χ1n) is 5.84. The van der Waals surface area contributed by atoms with Crippen LogP contribution in [0.5, 0.6) is 0 Å². The van der Waals surface area contributed by atoms with Crippen molar-refractivity contribution in [2.45, 2.75) is 19.9 Å². The number of anilines is 2. The van der Waals surface area contributed by atoms with Crippen LogP contribution < -0.4 is 16.6 Å². The first-order valence-corrected chi connectivity index (χ1v) is 5.84. The third kappa shape index (κ3) is 2.73. The summed E-state index contributed by atoms with van der Waals surface area (Å²) in [5.74, 6) is 0.0234. The van der Waals surface area contributed by atoms with Gasteiger partial charge >= 0.3 is 0 Å². The van der Waals surface area contributed by atoms with E-state index in [1.165, 1.54) is 12.4 Å². The van der Waals surface area contributed by atoms with E-state index in [9.17, 15) is 9.18 Å². The van der Waals surface area contributed by atoms with Gasteiger partial charge in [-0.2, -0.15) is 0 Å². The second-order valence-electron chi connectivity index (χ2n) is 4.37. The molecule has 0 amide bonds. The number of nitrogens with two attached hydrogens (primary N) is 1. The van der Waals surface area contributed by atoms with Crippen LogP contribution in [0.4, 0.5) is 15.9 Å². The van der Waals surface area contributed by atoms with Crippen molar-refractivity contribution in [3.63, 3.8) is 0 Å². The van der Waals surface area contributed by atoms with E-state index in [1.807, 2.05) is 13.0 Å². The van der Waals surface area contributed by atoms with Crippen LogP contribution in [0.2, 0.25) is 0 Å². The standard InChI is InChI=1S/C13H15FN4O/c1-7-3-4-9(5-10(7)14)8(2)18-12-11(15)13(19)17-6-16-12/h3-6,8H,15H2,1-2H3,(H2,16,17,18,19).